The third-order valence-electron chi connectivity index (χ3n) is 3.33. The maximum Gasteiger partial charge on any atom is 0.0499 e. The molecule has 0 bridgehead atoms. The van der Waals surface area contributed by atoms with Crippen molar-refractivity contribution in [3.63, 3.8) is 0 Å². The quantitative estimate of drug-likeness (QED) is 0.644. The van der Waals surface area contributed by atoms with Gasteiger partial charge in [-0.2, -0.15) is 0 Å². The summed E-state index contributed by atoms with van der Waals surface area (Å²) in [6.45, 7) is 6.28. The lowest BCUT2D eigenvalue weighted by Crippen LogP contribution is -2.36. The average molecular weight is 210 g/mol. The molecule has 0 fully saturated rings. The second-order valence-electron chi connectivity index (χ2n) is 4.19. The lowest BCUT2D eigenvalue weighted by molar-refractivity contribution is 0.113. The van der Waals surface area contributed by atoms with Crippen molar-refractivity contribution < 1.29 is 5.11 Å². The third-order valence-corrected chi connectivity index (χ3v) is 3.33. The summed E-state index contributed by atoms with van der Waals surface area (Å²) in [4.78, 5) is 3.03. The molecule has 0 saturated heterocycles. The molecule has 86 valence electrons. The van der Waals surface area contributed by atoms with Gasteiger partial charge in [0.25, 0.3) is 0 Å². The van der Waals surface area contributed by atoms with Crippen LogP contribution >= 0.6 is 0 Å². The van der Waals surface area contributed by atoms with Crippen LogP contribution in [0.3, 0.4) is 0 Å². The molecule has 0 unspecified atom stereocenters. The molecule has 3 nitrogen and oxygen atoms in total. The zero-order chi connectivity index (χ0) is 11.1. The van der Waals surface area contributed by atoms with Crippen LogP contribution in [0, 0.1) is 5.41 Å². The lowest BCUT2D eigenvalue weighted by atomic mass is 9.83. The third kappa shape index (κ3) is 3.36. The van der Waals surface area contributed by atoms with Crippen LogP contribution in [0.25, 0.3) is 0 Å². The number of rotatable bonds is 7. The van der Waals surface area contributed by atoms with Crippen LogP contribution in [-0.2, 0) is 6.54 Å². The molecule has 1 aromatic heterocycles. The summed E-state index contributed by atoms with van der Waals surface area (Å²) in [6, 6.07) is 2.06. The summed E-state index contributed by atoms with van der Waals surface area (Å²) in [5, 5.41) is 12.8. The summed E-state index contributed by atoms with van der Waals surface area (Å²) in [7, 11) is 0. The van der Waals surface area contributed by atoms with Crippen molar-refractivity contribution in [2.24, 2.45) is 5.41 Å². The number of aliphatic hydroxyl groups excluding tert-OH is 1. The first kappa shape index (κ1) is 12.3. The van der Waals surface area contributed by atoms with E-state index in [1.165, 1.54) is 5.56 Å². The molecular weight excluding hydrogens is 188 g/mol. The number of aliphatic hydroxyl groups is 1. The summed E-state index contributed by atoms with van der Waals surface area (Å²) < 4.78 is 0. The first-order valence-corrected chi connectivity index (χ1v) is 5.69. The van der Waals surface area contributed by atoms with Gasteiger partial charge in [-0.3, -0.25) is 0 Å². The molecule has 1 aromatic rings. The molecule has 0 saturated carbocycles. The molecule has 0 amide bonds. The fourth-order valence-electron chi connectivity index (χ4n) is 1.72. The Bertz CT molecular complexity index is 244. The maximum atomic E-state index is 9.39. The van der Waals surface area contributed by atoms with Gasteiger partial charge < -0.3 is 15.4 Å². The minimum Gasteiger partial charge on any atom is -0.396 e. The zero-order valence-electron chi connectivity index (χ0n) is 9.71. The van der Waals surface area contributed by atoms with Gasteiger partial charge in [-0.15, -0.1) is 0 Å². The molecule has 1 rings (SSSR count). The fraction of sp³-hybridized carbons (Fsp3) is 0.667. The summed E-state index contributed by atoms with van der Waals surface area (Å²) in [5.74, 6) is 0. The van der Waals surface area contributed by atoms with E-state index in [9.17, 15) is 5.11 Å². The maximum absolute atomic E-state index is 9.39. The highest BCUT2D eigenvalue weighted by Gasteiger charge is 2.24. The molecular formula is C12H22N2O. The highest BCUT2D eigenvalue weighted by Crippen LogP contribution is 2.24. The smallest absolute Gasteiger partial charge is 0.0499 e. The highest BCUT2D eigenvalue weighted by atomic mass is 16.3. The standard InChI is InChI=1S/C12H22N2O/c1-3-12(4-2,10-15)9-14-8-11-5-6-13-7-11/h5-7,13-15H,3-4,8-10H2,1-2H3. The van der Waals surface area contributed by atoms with Crippen LogP contribution in [0.4, 0.5) is 0 Å². The fourth-order valence-corrected chi connectivity index (χ4v) is 1.72. The van der Waals surface area contributed by atoms with Crippen molar-refractivity contribution >= 4 is 0 Å². The van der Waals surface area contributed by atoms with Gasteiger partial charge in [-0.1, -0.05) is 13.8 Å². The van der Waals surface area contributed by atoms with E-state index < -0.39 is 0 Å². The minimum atomic E-state index is 0.0519. The zero-order valence-corrected chi connectivity index (χ0v) is 9.71. The van der Waals surface area contributed by atoms with Gasteiger partial charge in [0.15, 0.2) is 0 Å². The van der Waals surface area contributed by atoms with Crippen LogP contribution in [0.15, 0.2) is 18.5 Å². The molecule has 3 heteroatoms. The molecule has 1 heterocycles. The highest BCUT2D eigenvalue weighted by molar-refractivity contribution is 5.07. The summed E-state index contributed by atoms with van der Waals surface area (Å²) in [5.41, 5.74) is 1.31. The monoisotopic (exact) mass is 210 g/mol. The van der Waals surface area contributed by atoms with E-state index in [0.29, 0.717) is 0 Å². The van der Waals surface area contributed by atoms with E-state index in [0.717, 1.165) is 25.9 Å². The first-order valence-electron chi connectivity index (χ1n) is 5.69. The Morgan fingerprint density at radius 1 is 1.40 bits per heavy atom. The van der Waals surface area contributed by atoms with Gasteiger partial charge in [0, 0.05) is 37.5 Å². The lowest BCUT2D eigenvalue weighted by Gasteiger charge is -2.29. The second-order valence-corrected chi connectivity index (χ2v) is 4.19. The molecule has 0 spiro atoms. The Morgan fingerprint density at radius 3 is 2.60 bits per heavy atom. The Labute approximate surface area is 91.9 Å². The minimum absolute atomic E-state index is 0.0519. The largest absolute Gasteiger partial charge is 0.396 e. The molecule has 0 aliphatic heterocycles. The number of nitrogens with one attached hydrogen (secondary N) is 2. The summed E-state index contributed by atoms with van der Waals surface area (Å²) in [6.07, 6.45) is 5.95. The number of aromatic amines is 1. The Balaban J connectivity index is 2.34. The van der Waals surface area contributed by atoms with E-state index in [1.54, 1.807) is 0 Å². The van der Waals surface area contributed by atoms with E-state index in [2.05, 4.69) is 30.2 Å². The van der Waals surface area contributed by atoms with Gasteiger partial charge in [0.2, 0.25) is 0 Å². The van der Waals surface area contributed by atoms with Crippen LogP contribution < -0.4 is 5.32 Å². The number of hydrogen-bond donors (Lipinski definition) is 3. The Morgan fingerprint density at radius 2 is 2.13 bits per heavy atom. The van der Waals surface area contributed by atoms with Crippen molar-refractivity contribution in [1.29, 1.82) is 0 Å². The Hall–Kier alpha value is -0.800. The number of aromatic nitrogens is 1. The Kier molecular flexibility index (Phi) is 4.85. The van der Waals surface area contributed by atoms with Crippen LogP contribution in [0.1, 0.15) is 32.3 Å². The molecule has 0 aliphatic rings. The van der Waals surface area contributed by atoms with E-state index in [-0.39, 0.29) is 12.0 Å². The molecule has 3 N–H and O–H groups in total. The molecule has 0 atom stereocenters. The van der Waals surface area contributed by atoms with Crippen molar-refractivity contribution in [3.05, 3.63) is 24.0 Å². The van der Waals surface area contributed by atoms with Gasteiger partial charge in [0.1, 0.15) is 0 Å². The van der Waals surface area contributed by atoms with Crippen molar-refractivity contribution in [2.45, 2.75) is 33.2 Å². The van der Waals surface area contributed by atoms with Crippen LogP contribution in [-0.4, -0.2) is 23.2 Å². The normalized spacial score (nSPS) is 11.9. The van der Waals surface area contributed by atoms with E-state index in [1.807, 2.05) is 12.4 Å². The molecule has 0 aromatic carbocycles. The van der Waals surface area contributed by atoms with Crippen molar-refractivity contribution in [3.8, 4) is 0 Å². The average Bonchev–Trinajstić information content (AvgIpc) is 2.78. The molecule has 0 aliphatic carbocycles. The summed E-state index contributed by atoms with van der Waals surface area (Å²) >= 11 is 0. The second kappa shape index (κ2) is 5.93. The van der Waals surface area contributed by atoms with Crippen molar-refractivity contribution in [1.82, 2.24) is 10.3 Å². The predicted molar refractivity (Wildman–Crippen MR) is 62.6 cm³/mol. The SMILES string of the molecule is CCC(CC)(CO)CNCc1cc[nH]c1. The van der Waals surface area contributed by atoms with Crippen molar-refractivity contribution in [2.75, 3.05) is 13.2 Å². The molecule has 0 radical (unpaired) electrons. The van der Waals surface area contributed by atoms with Gasteiger partial charge in [-0.05, 0) is 24.5 Å². The predicted octanol–water partition coefficient (Wildman–Crippen LogP) is 1.90. The van der Waals surface area contributed by atoms with Gasteiger partial charge in [-0.25, -0.2) is 0 Å². The first-order chi connectivity index (χ1) is 7.26. The number of H-pyrrole nitrogens is 1. The number of hydrogen-bond acceptors (Lipinski definition) is 2. The van der Waals surface area contributed by atoms with Gasteiger partial charge >= 0.3 is 0 Å². The van der Waals surface area contributed by atoms with Gasteiger partial charge in [0.05, 0.1) is 0 Å². The van der Waals surface area contributed by atoms with E-state index >= 15 is 0 Å². The van der Waals surface area contributed by atoms with Crippen LogP contribution in [0.5, 0.6) is 0 Å². The topological polar surface area (TPSA) is 48.0 Å². The van der Waals surface area contributed by atoms with Crippen LogP contribution in [0.2, 0.25) is 0 Å². The molecule has 15 heavy (non-hydrogen) atoms. The van der Waals surface area contributed by atoms with E-state index in [4.69, 9.17) is 0 Å².